The minimum atomic E-state index is -0.743. The lowest BCUT2D eigenvalue weighted by Gasteiger charge is -2.22. The summed E-state index contributed by atoms with van der Waals surface area (Å²) in [6.07, 6.45) is 3.12. The predicted molar refractivity (Wildman–Crippen MR) is 103 cm³/mol. The molecular formula is C19H22Cl2N2O2. The molecule has 1 aliphatic rings. The maximum absolute atomic E-state index is 12.2. The number of hydrogen-bond donors (Lipinski definition) is 1. The van der Waals surface area contributed by atoms with E-state index in [1.54, 1.807) is 25.1 Å². The number of rotatable bonds is 5. The van der Waals surface area contributed by atoms with Crippen LogP contribution in [0.15, 0.2) is 47.1 Å². The lowest BCUT2D eigenvalue weighted by molar-refractivity contribution is -0.127. The first-order valence-electron chi connectivity index (χ1n) is 8.08. The van der Waals surface area contributed by atoms with Crippen LogP contribution in [0.1, 0.15) is 33.6 Å². The first kappa shape index (κ1) is 19.5. The van der Waals surface area contributed by atoms with E-state index in [1.807, 2.05) is 13.8 Å². The molecule has 25 heavy (non-hydrogen) atoms. The Hall–Kier alpha value is -1.78. The van der Waals surface area contributed by atoms with Gasteiger partial charge in [0, 0.05) is 5.02 Å². The van der Waals surface area contributed by atoms with Crippen molar-refractivity contribution in [3.05, 3.63) is 52.0 Å². The van der Waals surface area contributed by atoms with Gasteiger partial charge in [-0.1, -0.05) is 41.4 Å². The lowest BCUT2D eigenvalue weighted by Crippen LogP contribution is -2.34. The molecule has 0 aromatic heterocycles. The smallest absolute Gasteiger partial charge is 0.280 e. The highest BCUT2D eigenvalue weighted by Gasteiger charge is 2.20. The van der Waals surface area contributed by atoms with E-state index in [9.17, 15) is 4.79 Å². The number of hydrogen-bond acceptors (Lipinski definition) is 3. The fourth-order valence-corrected chi connectivity index (χ4v) is 2.91. The first-order valence-corrected chi connectivity index (χ1v) is 8.84. The number of hydrazone groups is 1. The van der Waals surface area contributed by atoms with Crippen molar-refractivity contribution in [2.75, 3.05) is 0 Å². The topological polar surface area (TPSA) is 50.7 Å². The van der Waals surface area contributed by atoms with Gasteiger partial charge in [-0.3, -0.25) is 4.79 Å². The van der Waals surface area contributed by atoms with E-state index in [1.165, 1.54) is 0 Å². The predicted octanol–water partition coefficient (Wildman–Crippen LogP) is 5.17. The molecule has 4 nitrogen and oxygen atoms in total. The molecule has 1 aromatic carbocycles. The Morgan fingerprint density at radius 2 is 2.16 bits per heavy atom. The van der Waals surface area contributed by atoms with Gasteiger partial charge in [-0.15, -0.1) is 0 Å². The number of nitrogens with one attached hydrogen (secondary N) is 1. The number of ether oxygens (including phenoxy) is 1. The van der Waals surface area contributed by atoms with Crippen molar-refractivity contribution in [3.8, 4) is 5.75 Å². The molecule has 0 radical (unpaired) electrons. The van der Waals surface area contributed by atoms with E-state index in [0.29, 0.717) is 21.7 Å². The van der Waals surface area contributed by atoms with Crippen LogP contribution in [0.4, 0.5) is 0 Å². The van der Waals surface area contributed by atoms with Gasteiger partial charge in [0.1, 0.15) is 5.75 Å². The van der Waals surface area contributed by atoms with Crippen LogP contribution in [0.25, 0.3) is 0 Å². The van der Waals surface area contributed by atoms with Crippen LogP contribution in [0, 0.1) is 5.92 Å². The average Bonchev–Trinajstić information content (AvgIpc) is 2.56. The molecule has 0 bridgehead atoms. The fourth-order valence-electron chi connectivity index (χ4n) is 2.45. The Labute approximate surface area is 158 Å². The lowest BCUT2D eigenvalue weighted by atomic mass is 9.85. The van der Waals surface area contributed by atoms with Crippen LogP contribution in [0.3, 0.4) is 0 Å². The van der Waals surface area contributed by atoms with Gasteiger partial charge in [0.05, 0.1) is 10.7 Å². The number of carbonyl (C=O) groups excluding carboxylic acids is 1. The van der Waals surface area contributed by atoms with Gasteiger partial charge in [-0.05, 0) is 63.3 Å². The van der Waals surface area contributed by atoms with Gasteiger partial charge in [-0.2, -0.15) is 5.10 Å². The Kier molecular flexibility index (Phi) is 6.68. The maximum atomic E-state index is 12.2. The fraction of sp³-hybridized carbons (Fsp3) is 0.368. The summed E-state index contributed by atoms with van der Waals surface area (Å²) < 4.78 is 5.59. The summed E-state index contributed by atoms with van der Waals surface area (Å²) in [5, 5.41) is 5.13. The van der Waals surface area contributed by atoms with Gasteiger partial charge >= 0.3 is 0 Å². The molecule has 134 valence electrons. The Morgan fingerprint density at radius 1 is 1.44 bits per heavy atom. The van der Waals surface area contributed by atoms with Crippen LogP contribution in [-0.4, -0.2) is 17.7 Å². The molecule has 2 unspecified atom stereocenters. The van der Waals surface area contributed by atoms with Crippen molar-refractivity contribution in [1.29, 1.82) is 0 Å². The molecular weight excluding hydrogens is 359 g/mol. The van der Waals surface area contributed by atoms with Gasteiger partial charge in [0.25, 0.3) is 5.91 Å². The summed E-state index contributed by atoms with van der Waals surface area (Å²) in [6.45, 7) is 9.66. The van der Waals surface area contributed by atoms with Crippen LogP contribution >= 0.6 is 23.2 Å². The molecule has 2 atom stereocenters. The molecule has 0 fully saturated rings. The van der Waals surface area contributed by atoms with Gasteiger partial charge in [0.15, 0.2) is 6.10 Å². The van der Waals surface area contributed by atoms with Crippen LogP contribution < -0.4 is 10.2 Å². The van der Waals surface area contributed by atoms with Gasteiger partial charge in [-0.25, -0.2) is 5.43 Å². The normalized spacial score (nSPS) is 20.0. The molecule has 6 heteroatoms. The van der Waals surface area contributed by atoms with Crippen molar-refractivity contribution >= 4 is 34.8 Å². The summed E-state index contributed by atoms with van der Waals surface area (Å²) in [6, 6.07) is 4.85. The molecule has 0 saturated carbocycles. The van der Waals surface area contributed by atoms with E-state index in [-0.39, 0.29) is 5.91 Å². The average molecular weight is 381 g/mol. The second kappa shape index (κ2) is 8.54. The number of nitrogens with zero attached hydrogens (tertiary/aromatic N) is 1. The number of halogens is 2. The van der Waals surface area contributed by atoms with E-state index >= 15 is 0 Å². The molecule has 0 aliphatic heterocycles. The monoisotopic (exact) mass is 380 g/mol. The molecule has 1 aliphatic carbocycles. The SMILES string of the molecule is C=C(C)C1CC=C(C)/C(=N/NC(=O)C(C)Oc2ccc(Cl)cc2Cl)C1. The standard InChI is InChI=1S/C19H22Cl2N2O2/c1-11(2)14-6-5-12(3)17(9-14)22-23-19(24)13(4)25-18-8-7-15(20)10-16(18)21/h5,7-8,10,13-14H,1,6,9H2,2-4H3,(H,23,24)/b22-17+. The molecule has 0 spiro atoms. The van der Waals surface area contributed by atoms with Gasteiger partial charge < -0.3 is 4.74 Å². The third kappa shape index (κ3) is 5.35. The molecule has 0 heterocycles. The van der Waals surface area contributed by atoms with Crippen molar-refractivity contribution in [2.24, 2.45) is 11.0 Å². The zero-order chi connectivity index (χ0) is 18.6. The van der Waals surface area contributed by atoms with E-state index in [2.05, 4.69) is 23.2 Å². The molecule has 0 saturated heterocycles. The summed E-state index contributed by atoms with van der Waals surface area (Å²) in [5.74, 6) is 0.419. The Morgan fingerprint density at radius 3 is 2.80 bits per heavy atom. The molecule has 1 aromatic rings. The van der Waals surface area contributed by atoms with Crippen LogP contribution in [0.5, 0.6) is 5.75 Å². The highest BCUT2D eigenvalue weighted by atomic mass is 35.5. The first-order chi connectivity index (χ1) is 11.8. The van der Waals surface area contributed by atoms with E-state index < -0.39 is 6.10 Å². The maximum Gasteiger partial charge on any atom is 0.280 e. The number of carbonyl (C=O) groups is 1. The second-order valence-corrected chi connectivity index (χ2v) is 7.08. The second-order valence-electron chi connectivity index (χ2n) is 6.24. The largest absolute Gasteiger partial charge is 0.479 e. The summed E-state index contributed by atoms with van der Waals surface area (Å²) in [4.78, 5) is 12.2. The Bertz CT molecular complexity index is 741. The number of allylic oxidation sites excluding steroid dienone is 3. The number of amides is 1. The highest BCUT2D eigenvalue weighted by Crippen LogP contribution is 2.28. The van der Waals surface area contributed by atoms with Crippen molar-refractivity contribution in [1.82, 2.24) is 5.43 Å². The summed E-state index contributed by atoms with van der Waals surface area (Å²) >= 11 is 11.9. The zero-order valence-corrected chi connectivity index (χ0v) is 16.1. The molecule has 1 amide bonds. The minimum absolute atomic E-state index is 0.344. The van der Waals surface area contributed by atoms with Crippen molar-refractivity contribution in [3.63, 3.8) is 0 Å². The van der Waals surface area contributed by atoms with E-state index in [0.717, 1.165) is 29.7 Å². The third-order valence-corrected chi connectivity index (χ3v) is 4.70. The Balaban J connectivity index is 1.99. The third-order valence-electron chi connectivity index (χ3n) is 4.17. The quantitative estimate of drug-likeness (QED) is 0.565. The van der Waals surface area contributed by atoms with Gasteiger partial charge in [0.2, 0.25) is 0 Å². The molecule has 2 rings (SSSR count). The van der Waals surface area contributed by atoms with Crippen molar-refractivity contribution in [2.45, 2.75) is 39.7 Å². The molecule has 1 N–H and O–H groups in total. The number of benzene rings is 1. The van der Waals surface area contributed by atoms with Crippen LogP contribution in [0.2, 0.25) is 10.0 Å². The summed E-state index contributed by atoms with van der Waals surface area (Å²) in [5.41, 5.74) is 5.64. The van der Waals surface area contributed by atoms with Crippen LogP contribution in [-0.2, 0) is 4.79 Å². The zero-order valence-electron chi connectivity index (χ0n) is 14.6. The summed E-state index contributed by atoms with van der Waals surface area (Å²) in [7, 11) is 0. The highest BCUT2D eigenvalue weighted by molar-refractivity contribution is 6.35. The van der Waals surface area contributed by atoms with Crippen molar-refractivity contribution < 1.29 is 9.53 Å². The minimum Gasteiger partial charge on any atom is -0.479 e. The van der Waals surface area contributed by atoms with E-state index in [4.69, 9.17) is 27.9 Å².